The topological polar surface area (TPSA) is 234 Å². The normalized spacial score (nSPS) is 22.0. The summed E-state index contributed by atoms with van der Waals surface area (Å²) < 4.78 is 2.06. The predicted octanol–water partition coefficient (Wildman–Crippen LogP) is 2.21. The van der Waals surface area contributed by atoms with Crippen LogP contribution in [0.15, 0.2) is 49.1 Å². The van der Waals surface area contributed by atoms with Gasteiger partial charge >= 0.3 is 0 Å². The molecule has 1 aliphatic carbocycles. The van der Waals surface area contributed by atoms with Crippen molar-refractivity contribution in [1.82, 2.24) is 49.8 Å². The number of hydrogen-bond acceptors (Lipinski definition) is 13. The summed E-state index contributed by atoms with van der Waals surface area (Å²) in [6.07, 6.45) is 8.39. The number of likely N-dealkylation sites (tertiary alicyclic amines) is 2. The quantitative estimate of drug-likeness (QED) is 0.159. The van der Waals surface area contributed by atoms with E-state index in [4.69, 9.17) is 0 Å². The second kappa shape index (κ2) is 16.9. The molecule has 0 bridgehead atoms. The lowest BCUT2D eigenvalue weighted by atomic mass is 9.86. The third kappa shape index (κ3) is 8.17. The van der Waals surface area contributed by atoms with Gasteiger partial charge in [-0.1, -0.05) is 6.07 Å². The molecule has 0 radical (unpaired) electrons. The Balaban J connectivity index is 0.694. The predicted molar refractivity (Wildman–Crippen MR) is 223 cm³/mol. The van der Waals surface area contributed by atoms with E-state index in [9.17, 15) is 33.6 Å². The smallest absolute Gasteiger partial charge is 0.270 e. The molecule has 1 aromatic carbocycles. The first kappa shape index (κ1) is 40.6. The third-order valence-electron chi connectivity index (χ3n) is 12.8. The molecular formula is C43H48N12O7. The summed E-state index contributed by atoms with van der Waals surface area (Å²) in [5.41, 5.74) is 3.45. The summed E-state index contributed by atoms with van der Waals surface area (Å²) in [6.45, 7) is 4.19. The number of imidazole rings is 1. The number of benzene rings is 1. The Kier molecular flexibility index (Phi) is 11.1. The number of carbonyl (C=O) groups is 7. The van der Waals surface area contributed by atoms with Crippen LogP contribution < -0.4 is 21.3 Å². The fourth-order valence-electron chi connectivity index (χ4n) is 9.19. The first-order chi connectivity index (χ1) is 30.0. The number of imide groups is 2. The minimum Gasteiger partial charge on any atom is -0.376 e. The van der Waals surface area contributed by atoms with Gasteiger partial charge in [-0.25, -0.2) is 19.9 Å². The number of fused-ring (bicyclic) bond motifs is 2. The van der Waals surface area contributed by atoms with Crippen molar-refractivity contribution >= 4 is 64.0 Å². The highest BCUT2D eigenvalue weighted by atomic mass is 16.2. The second-order valence-corrected chi connectivity index (χ2v) is 16.9. The van der Waals surface area contributed by atoms with Crippen molar-refractivity contribution in [2.75, 3.05) is 43.4 Å². The first-order valence-corrected chi connectivity index (χ1v) is 21.3. The molecule has 3 aromatic heterocycles. The number of piperidine rings is 3. The van der Waals surface area contributed by atoms with Gasteiger partial charge in [-0.3, -0.25) is 43.8 Å². The Hall–Kier alpha value is -6.79. The summed E-state index contributed by atoms with van der Waals surface area (Å²) in [6, 6.07) is 9.32. The second-order valence-electron chi connectivity index (χ2n) is 16.9. The molecular weight excluding hydrogens is 797 g/mol. The van der Waals surface area contributed by atoms with Crippen molar-refractivity contribution in [1.29, 1.82) is 0 Å². The summed E-state index contributed by atoms with van der Waals surface area (Å²) in [7, 11) is 0. The van der Waals surface area contributed by atoms with Gasteiger partial charge < -0.3 is 30.3 Å². The van der Waals surface area contributed by atoms with Crippen molar-refractivity contribution in [3.05, 3.63) is 71.6 Å². The van der Waals surface area contributed by atoms with Crippen LogP contribution in [0.3, 0.4) is 0 Å². The Morgan fingerprint density at radius 1 is 0.823 bits per heavy atom. The Labute approximate surface area is 356 Å². The van der Waals surface area contributed by atoms with Gasteiger partial charge in [0.15, 0.2) is 11.5 Å². The average Bonchev–Trinajstić information content (AvgIpc) is 3.79. The van der Waals surface area contributed by atoms with E-state index in [1.54, 1.807) is 29.7 Å². The van der Waals surface area contributed by atoms with Crippen molar-refractivity contribution < 1.29 is 33.6 Å². The SMILES string of the molecule is Cc1cccc(C(=O)NC2CC(n3cnc4c(NC5CCN(C(=O)CC6CCN(C(=O)CNc7ccc8c(c7)C(=O)N([C@H]7CCC(=O)NC7=O)C8=O)CC6)CC5)ncnc43)C2)n1. The molecule has 5 aliphatic rings. The van der Waals surface area contributed by atoms with Crippen molar-refractivity contribution in [3.63, 3.8) is 0 Å². The number of hydrogen-bond donors (Lipinski definition) is 4. The van der Waals surface area contributed by atoms with Crippen molar-refractivity contribution in [2.24, 2.45) is 5.92 Å². The van der Waals surface area contributed by atoms with E-state index in [1.807, 2.05) is 24.0 Å². The van der Waals surface area contributed by atoms with Crippen LogP contribution in [-0.4, -0.2) is 131 Å². The molecule has 7 amide bonds. The minimum atomic E-state index is -1.05. The lowest BCUT2D eigenvalue weighted by Crippen LogP contribution is -2.54. The van der Waals surface area contributed by atoms with E-state index in [1.165, 1.54) is 12.1 Å². The molecule has 322 valence electrons. The van der Waals surface area contributed by atoms with E-state index in [0.717, 1.165) is 54.8 Å². The standard InChI is InChI=1S/C43H48N12O7/c1-24-3-2-4-32(48-24)40(59)50-28-18-29(19-28)54-23-47-37-38(45-22-46-39(37)54)49-26-11-15-52(16-12-26)35(57)17-25-9-13-53(14-10-25)36(58)21-44-27-5-6-30-31(20-27)43(62)55(42(30)61)33-7-8-34(56)51-41(33)60/h2-6,20,22-23,25-26,28-29,33,44H,7-19,21H2,1H3,(H,50,59)(H,45,46,49)(H,51,56,60)/t28?,29?,33-/m0/s1. The molecule has 9 rings (SSSR count). The number of anilines is 2. The molecule has 3 saturated heterocycles. The van der Waals surface area contributed by atoms with E-state index >= 15 is 0 Å². The highest BCUT2D eigenvalue weighted by Gasteiger charge is 2.45. The summed E-state index contributed by atoms with van der Waals surface area (Å²) in [5.74, 6) is -1.61. The summed E-state index contributed by atoms with van der Waals surface area (Å²) in [4.78, 5) is 112. The maximum atomic E-state index is 13.4. The fraction of sp³-hybridized carbons (Fsp3) is 0.465. The van der Waals surface area contributed by atoms with Crippen LogP contribution >= 0.6 is 0 Å². The summed E-state index contributed by atoms with van der Waals surface area (Å²) in [5, 5.41) is 11.9. The van der Waals surface area contributed by atoms with E-state index < -0.39 is 29.7 Å². The molecule has 4 N–H and O–H groups in total. The number of nitrogens with one attached hydrogen (secondary N) is 4. The third-order valence-corrected chi connectivity index (χ3v) is 12.8. The zero-order chi connectivity index (χ0) is 43.1. The number of amides is 7. The average molecular weight is 845 g/mol. The Bertz CT molecular complexity index is 2470. The van der Waals surface area contributed by atoms with Crippen molar-refractivity contribution in [2.45, 2.75) is 88.9 Å². The molecule has 62 heavy (non-hydrogen) atoms. The van der Waals surface area contributed by atoms with Crippen LogP contribution in [0.2, 0.25) is 0 Å². The molecule has 0 unspecified atom stereocenters. The minimum absolute atomic E-state index is 0.0117. The van der Waals surface area contributed by atoms with Gasteiger partial charge in [-0.15, -0.1) is 0 Å². The molecule has 4 aliphatic heterocycles. The number of nitrogens with zero attached hydrogens (tertiary/aromatic N) is 8. The zero-order valence-corrected chi connectivity index (χ0v) is 34.3. The van der Waals surface area contributed by atoms with E-state index in [0.29, 0.717) is 55.3 Å². The number of aromatic nitrogens is 5. The van der Waals surface area contributed by atoms with Gasteiger partial charge in [-0.2, -0.15) is 0 Å². The number of aryl methyl sites for hydroxylation is 1. The molecule has 19 nitrogen and oxygen atoms in total. The molecule has 0 spiro atoms. The summed E-state index contributed by atoms with van der Waals surface area (Å²) >= 11 is 0. The highest BCUT2D eigenvalue weighted by molar-refractivity contribution is 6.23. The molecule has 1 atom stereocenters. The maximum Gasteiger partial charge on any atom is 0.270 e. The van der Waals surface area contributed by atoms with Gasteiger partial charge in [0.05, 0.1) is 24.0 Å². The fourth-order valence-corrected chi connectivity index (χ4v) is 9.19. The Morgan fingerprint density at radius 2 is 1.56 bits per heavy atom. The van der Waals surface area contributed by atoms with Gasteiger partial charge in [-0.05, 0) is 88.1 Å². The van der Waals surface area contributed by atoms with Gasteiger partial charge in [0.2, 0.25) is 23.6 Å². The lowest BCUT2D eigenvalue weighted by molar-refractivity contribution is -0.137. The monoisotopic (exact) mass is 844 g/mol. The molecule has 4 aromatic rings. The number of carbonyl (C=O) groups excluding carboxylic acids is 7. The molecule has 4 fully saturated rings. The lowest BCUT2D eigenvalue weighted by Gasteiger charge is -2.36. The molecule has 19 heteroatoms. The van der Waals surface area contributed by atoms with Gasteiger partial charge in [0, 0.05) is 68.5 Å². The first-order valence-electron chi connectivity index (χ1n) is 21.3. The maximum absolute atomic E-state index is 13.4. The van der Waals surface area contributed by atoms with Crippen LogP contribution in [0.5, 0.6) is 0 Å². The van der Waals surface area contributed by atoms with Crippen LogP contribution in [-0.2, 0) is 19.2 Å². The van der Waals surface area contributed by atoms with E-state index in [-0.39, 0.29) is 72.3 Å². The van der Waals surface area contributed by atoms with Gasteiger partial charge in [0.1, 0.15) is 23.6 Å². The Morgan fingerprint density at radius 3 is 2.32 bits per heavy atom. The van der Waals surface area contributed by atoms with E-state index in [2.05, 4.69) is 45.8 Å². The van der Waals surface area contributed by atoms with Crippen LogP contribution in [0, 0.1) is 12.8 Å². The van der Waals surface area contributed by atoms with Crippen LogP contribution in [0.4, 0.5) is 11.5 Å². The van der Waals surface area contributed by atoms with Crippen molar-refractivity contribution in [3.8, 4) is 0 Å². The largest absolute Gasteiger partial charge is 0.376 e. The van der Waals surface area contributed by atoms with Gasteiger partial charge in [0.25, 0.3) is 17.7 Å². The number of pyridine rings is 1. The number of rotatable bonds is 11. The molecule has 7 heterocycles. The highest BCUT2D eigenvalue weighted by Crippen LogP contribution is 2.36. The zero-order valence-electron chi connectivity index (χ0n) is 34.3. The van der Waals surface area contributed by atoms with Crippen LogP contribution in [0.25, 0.3) is 11.2 Å². The molecule has 1 saturated carbocycles. The van der Waals surface area contributed by atoms with Crippen LogP contribution in [0.1, 0.15) is 101 Å².